The van der Waals surface area contributed by atoms with Crippen molar-refractivity contribution in [3.63, 3.8) is 0 Å². The smallest absolute Gasteiger partial charge is 0.339 e. The fraction of sp³-hybridized carbons (Fsp3) is 0.371. The van der Waals surface area contributed by atoms with Crippen LogP contribution in [0.25, 0.3) is 11.1 Å². The summed E-state index contributed by atoms with van der Waals surface area (Å²) < 4.78 is 14.0. The van der Waals surface area contributed by atoms with Crippen LogP contribution in [-0.4, -0.2) is 21.4 Å². The fourth-order valence-corrected chi connectivity index (χ4v) is 4.85. The molecule has 0 aliphatic rings. The minimum absolute atomic E-state index is 0.306. The van der Waals surface area contributed by atoms with Crippen molar-refractivity contribution in [3.05, 3.63) is 113 Å². The van der Waals surface area contributed by atoms with E-state index >= 15 is 0 Å². The van der Waals surface area contributed by atoms with Gasteiger partial charge in [-0.25, -0.2) is 4.79 Å². The van der Waals surface area contributed by atoms with Crippen LogP contribution in [-0.2, 0) is 42.1 Å². The van der Waals surface area contributed by atoms with E-state index in [1.165, 1.54) is 22.4 Å². The molecule has 0 atom stereocenters. The zero-order valence-corrected chi connectivity index (χ0v) is 24.6. The van der Waals surface area contributed by atoms with Crippen molar-refractivity contribution in [2.24, 2.45) is 0 Å². The Balaban J connectivity index is 1.58. The van der Waals surface area contributed by atoms with Crippen LogP contribution in [0, 0.1) is 0 Å². The largest absolute Gasteiger partial charge is 0.456 e. The van der Waals surface area contributed by atoms with Crippen LogP contribution < -0.4 is 0 Å². The van der Waals surface area contributed by atoms with E-state index in [0.717, 1.165) is 49.0 Å². The quantitative estimate of drug-likeness (QED) is 0.171. The summed E-state index contributed by atoms with van der Waals surface area (Å²) in [5.74, 6) is -0.306. The Bertz CT molecular complexity index is 1380. The summed E-state index contributed by atoms with van der Waals surface area (Å²) in [5.41, 5.74) is 7.86. The molecule has 4 rings (SSSR count). The molecular weight excluding hydrogens is 496 g/mol. The normalized spacial score (nSPS) is 11.5. The van der Waals surface area contributed by atoms with E-state index in [1.54, 1.807) is 0 Å². The second-order valence-electron chi connectivity index (χ2n) is 11.2. The predicted molar refractivity (Wildman–Crippen MR) is 161 cm³/mol. The Hall–Kier alpha value is -3.70. The fourth-order valence-electron chi connectivity index (χ4n) is 4.85. The molecule has 0 bridgehead atoms. The molecule has 0 aliphatic carbocycles. The number of nitrogens with zero attached hydrogens (tertiary/aromatic N) is 2. The monoisotopic (exact) mass is 538 g/mol. The highest BCUT2D eigenvalue weighted by molar-refractivity contribution is 5.97. The van der Waals surface area contributed by atoms with Gasteiger partial charge in [-0.3, -0.25) is 4.68 Å². The van der Waals surface area contributed by atoms with Crippen molar-refractivity contribution >= 4 is 5.97 Å². The molecule has 0 saturated heterocycles. The summed E-state index contributed by atoms with van der Waals surface area (Å²) in [6, 6.07) is 26.4. The minimum Gasteiger partial charge on any atom is -0.456 e. The summed E-state index contributed by atoms with van der Waals surface area (Å²) in [4.78, 5) is 12.9. The molecule has 0 unspecified atom stereocenters. The number of benzene rings is 3. The first kappa shape index (κ1) is 29.3. The lowest BCUT2D eigenvalue weighted by Crippen LogP contribution is -2.24. The summed E-state index contributed by atoms with van der Waals surface area (Å²) in [6.45, 7) is 11.9. The van der Waals surface area contributed by atoms with Crippen molar-refractivity contribution in [1.29, 1.82) is 0 Å². The van der Waals surface area contributed by atoms with Gasteiger partial charge in [-0.1, -0.05) is 86.1 Å². The van der Waals surface area contributed by atoms with Gasteiger partial charge in [0.15, 0.2) is 0 Å². The number of carbonyl (C=O) groups excluding carboxylic acids is 1. The van der Waals surface area contributed by atoms with Crippen LogP contribution in [0.15, 0.2) is 78.9 Å². The number of hydrogen-bond donors (Lipinski definition) is 0. The van der Waals surface area contributed by atoms with Gasteiger partial charge in [0, 0.05) is 18.5 Å². The molecule has 0 N–H and O–H groups in total. The van der Waals surface area contributed by atoms with E-state index in [0.29, 0.717) is 18.8 Å². The lowest BCUT2D eigenvalue weighted by atomic mass is 9.96. The first-order valence-corrected chi connectivity index (χ1v) is 14.4. The SMILES string of the molecule is CCCCc1nn(CC)c(COCc2ccccc2)c1Cc1ccc(-c2ccccc2C(=O)OC(C)(C)C)cc1. The zero-order chi connectivity index (χ0) is 28.5. The zero-order valence-electron chi connectivity index (χ0n) is 24.6. The maximum absolute atomic E-state index is 12.9. The number of ether oxygens (including phenoxy) is 2. The molecule has 0 fully saturated rings. The Labute approximate surface area is 239 Å². The van der Waals surface area contributed by atoms with Gasteiger partial charge in [-0.05, 0) is 68.9 Å². The standard InChI is InChI=1S/C35H42N2O3/c1-6-8-18-32-31(33(37(7-2)36-32)25-39-24-27-14-10-9-11-15-27)23-26-19-21-28(22-20-26)29-16-12-13-17-30(29)34(38)40-35(3,4)5/h9-17,19-22H,6-8,18,23-25H2,1-5H3. The molecule has 0 aliphatic heterocycles. The number of rotatable bonds is 12. The predicted octanol–water partition coefficient (Wildman–Crippen LogP) is 8.18. The maximum Gasteiger partial charge on any atom is 0.339 e. The molecular formula is C35H42N2O3. The third kappa shape index (κ3) is 7.70. The summed E-state index contributed by atoms with van der Waals surface area (Å²) in [5, 5.41) is 5.00. The maximum atomic E-state index is 12.9. The third-order valence-electron chi connectivity index (χ3n) is 6.86. The number of aromatic nitrogens is 2. The molecule has 4 aromatic rings. The minimum atomic E-state index is -0.547. The molecule has 5 nitrogen and oxygen atoms in total. The van der Waals surface area contributed by atoms with Gasteiger partial charge < -0.3 is 9.47 Å². The lowest BCUT2D eigenvalue weighted by Gasteiger charge is -2.20. The number of carbonyl (C=O) groups is 1. The van der Waals surface area contributed by atoms with Gasteiger partial charge in [0.05, 0.1) is 30.2 Å². The highest BCUT2D eigenvalue weighted by atomic mass is 16.6. The van der Waals surface area contributed by atoms with Gasteiger partial charge in [0.1, 0.15) is 5.60 Å². The first-order chi connectivity index (χ1) is 19.3. The summed E-state index contributed by atoms with van der Waals surface area (Å²) >= 11 is 0. The Morgan fingerprint density at radius 3 is 2.23 bits per heavy atom. The average molecular weight is 539 g/mol. The van der Waals surface area contributed by atoms with Gasteiger partial charge >= 0.3 is 5.97 Å². The summed E-state index contributed by atoms with van der Waals surface area (Å²) in [7, 11) is 0. The van der Waals surface area contributed by atoms with Crippen molar-refractivity contribution in [2.75, 3.05) is 0 Å². The second-order valence-corrected chi connectivity index (χ2v) is 11.2. The Kier molecular flexibility index (Phi) is 9.94. The van der Waals surface area contributed by atoms with E-state index in [9.17, 15) is 4.79 Å². The molecule has 210 valence electrons. The van der Waals surface area contributed by atoms with Crippen LogP contribution >= 0.6 is 0 Å². The van der Waals surface area contributed by atoms with Crippen LogP contribution in [0.3, 0.4) is 0 Å². The molecule has 0 radical (unpaired) electrons. The second kappa shape index (κ2) is 13.6. The van der Waals surface area contributed by atoms with Crippen LogP contribution in [0.1, 0.15) is 85.9 Å². The number of esters is 1. The number of unbranched alkanes of at least 4 members (excludes halogenated alkanes) is 1. The topological polar surface area (TPSA) is 53.4 Å². The van der Waals surface area contributed by atoms with E-state index in [-0.39, 0.29) is 5.97 Å². The van der Waals surface area contributed by atoms with Gasteiger partial charge in [0.25, 0.3) is 0 Å². The van der Waals surface area contributed by atoms with E-state index in [4.69, 9.17) is 14.6 Å². The van der Waals surface area contributed by atoms with E-state index in [2.05, 4.69) is 54.9 Å². The van der Waals surface area contributed by atoms with Crippen LogP contribution in [0.2, 0.25) is 0 Å². The molecule has 0 spiro atoms. The lowest BCUT2D eigenvalue weighted by molar-refractivity contribution is 0.00704. The highest BCUT2D eigenvalue weighted by Crippen LogP contribution is 2.28. The molecule has 40 heavy (non-hydrogen) atoms. The van der Waals surface area contributed by atoms with Crippen LogP contribution in [0.4, 0.5) is 0 Å². The molecule has 3 aromatic carbocycles. The summed E-state index contributed by atoms with van der Waals surface area (Å²) in [6.07, 6.45) is 3.99. The highest BCUT2D eigenvalue weighted by Gasteiger charge is 2.21. The van der Waals surface area contributed by atoms with Crippen molar-refractivity contribution in [3.8, 4) is 11.1 Å². The van der Waals surface area contributed by atoms with Gasteiger partial charge in [-0.15, -0.1) is 0 Å². The first-order valence-electron chi connectivity index (χ1n) is 14.4. The Morgan fingerprint density at radius 1 is 0.850 bits per heavy atom. The van der Waals surface area contributed by atoms with Crippen molar-refractivity contribution < 1.29 is 14.3 Å². The molecule has 1 aromatic heterocycles. The molecule has 0 saturated carbocycles. The van der Waals surface area contributed by atoms with Crippen molar-refractivity contribution in [2.45, 2.75) is 85.7 Å². The molecule has 0 amide bonds. The van der Waals surface area contributed by atoms with Crippen molar-refractivity contribution in [1.82, 2.24) is 9.78 Å². The van der Waals surface area contributed by atoms with E-state index < -0.39 is 5.60 Å². The number of hydrogen-bond acceptors (Lipinski definition) is 4. The number of aryl methyl sites for hydroxylation is 2. The molecule has 1 heterocycles. The Morgan fingerprint density at radius 2 is 1.55 bits per heavy atom. The van der Waals surface area contributed by atoms with Gasteiger partial charge in [-0.2, -0.15) is 5.10 Å². The average Bonchev–Trinajstić information content (AvgIpc) is 3.27. The third-order valence-corrected chi connectivity index (χ3v) is 6.86. The molecule has 5 heteroatoms. The van der Waals surface area contributed by atoms with E-state index in [1.807, 2.05) is 63.2 Å². The van der Waals surface area contributed by atoms with Crippen LogP contribution in [0.5, 0.6) is 0 Å². The van der Waals surface area contributed by atoms with Gasteiger partial charge in [0.2, 0.25) is 0 Å².